The summed E-state index contributed by atoms with van der Waals surface area (Å²) in [4.78, 5) is 0. The molecule has 5 heteroatoms. The van der Waals surface area contributed by atoms with Crippen molar-refractivity contribution in [2.24, 2.45) is 0 Å². The molecule has 0 radical (unpaired) electrons. The quantitative estimate of drug-likeness (QED) is 0.411. The number of nitrogens with zero attached hydrogens (tertiary/aromatic N) is 3. The third-order valence-electron chi connectivity index (χ3n) is 2.84. The van der Waals surface area contributed by atoms with Crippen molar-refractivity contribution in [1.29, 1.82) is 5.26 Å². The molecule has 106 valence electrons. The van der Waals surface area contributed by atoms with Crippen LogP contribution in [0.15, 0.2) is 24.4 Å². The van der Waals surface area contributed by atoms with Crippen molar-refractivity contribution in [1.82, 2.24) is 9.78 Å². The van der Waals surface area contributed by atoms with Gasteiger partial charge >= 0.3 is 0 Å². The van der Waals surface area contributed by atoms with Gasteiger partial charge in [-0.2, -0.15) is 10.4 Å². The van der Waals surface area contributed by atoms with Crippen LogP contribution in [0.1, 0.15) is 16.8 Å². The van der Waals surface area contributed by atoms with Gasteiger partial charge in [0.1, 0.15) is 8.07 Å². The molecule has 0 unspecified atom stereocenters. The molecular weight excluding hydrogens is 389 g/mol. The molecule has 0 atom stereocenters. The lowest BCUT2D eigenvalue weighted by Gasteiger charge is -2.06. The van der Waals surface area contributed by atoms with Gasteiger partial charge in [-0.25, -0.2) is 4.68 Å². The van der Waals surface area contributed by atoms with Gasteiger partial charge in [-0.1, -0.05) is 25.6 Å². The summed E-state index contributed by atoms with van der Waals surface area (Å²) >= 11 is 2.21. The van der Waals surface area contributed by atoms with Gasteiger partial charge in [0.2, 0.25) is 0 Å². The molecule has 21 heavy (non-hydrogen) atoms. The van der Waals surface area contributed by atoms with Crippen molar-refractivity contribution in [3.05, 3.63) is 44.8 Å². The van der Waals surface area contributed by atoms with Gasteiger partial charge in [0.25, 0.3) is 0 Å². The maximum Gasteiger partial charge on any atom is 0.129 e. The average Bonchev–Trinajstić information content (AvgIpc) is 2.76. The number of benzene rings is 1. The van der Waals surface area contributed by atoms with E-state index < -0.39 is 8.07 Å². The summed E-state index contributed by atoms with van der Waals surface area (Å²) in [6.07, 6.45) is 1.80. The standard InChI is InChI=1S/C16H16IN3Si/c1-12-14(5-6-21(2,3)4)11-19-20(12)16-8-13(10-18)7-15(17)9-16/h7-9,11H,1-4H3. The predicted octanol–water partition coefficient (Wildman–Crippen LogP) is 3.89. The summed E-state index contributed by atoms with van der Waals surface area (Å²) in [6.45, 7) is 8.67. The molecule has 0 saturated heterocycles. The summed E-state index contributed by atoms with van der Waals surface area (Å²) < 4.78 is 2.86. The lowest BCUT2D eigenvalue weighted by Crippen LogP contribution is -2.16. The minimum atomic E-state index is -1.40. The Hall–Kier alpha value is -1.57. The largest absolute Gasteiger partial charge is 0.237 e. The van der Waals surface area contributed by atoms with Gasteiger partial charge in [-0.05, 0) is 47.7 Å². The van der Waals surface area contributed by atoms with E-state index in [2.05, 4.69) is 64.9 Å². The molecule has 0 bridgehead atoms. The first kappa shape index (κ1) is 15.8. The molecule has 0 aliphatic carbocycles. The molecule has 0 N–H and O–H groups in total. The van der Waals surface area contributed by atoms with Crippen LogP contribution >= 0.6 is 22.6 Å². The van der Waals surface area contributed by atoms with E-state index in [1.807, 2.05) is 29.8 Å². The van der Waals surface area contributed by atoms with E-state index in [1.54, 1.807) is 6.20 Å². The Balaban J connectivity index is 2.48. The van der Waals surface area contributed by atoms with Crippen LogP contribution in [0.5, 0.6) is 0 Å². The zero-order chi connectivity index (χ0) is 15.6. The van der Waals surface area contributed by atoms with Gasteiger partial charge in [0, 0.05) is 3.57 Å². The Bertz CT molecular complexity index is 783. The Morgan fingerprint density at radius 1 is 1.24 bits per heavy atom. The summed E-state index contributed by atoms with van der Waals surface area (Å²) in [7, 11) is -1.40. The van der Waals surface area contributed by atoms with E-state index in [0.29, 0.717) is 5.56 Å². The molecule has 2 aromatic rings. The number of halogens is 1. The smallest absolute Gasteiger partial charge is 0.129 e. The van der Waals surface area contributed by atoms with Gasteiger partial charge in [0.15, 0.2) is 0 Å². The van der Waals surface area contributed by atoms with Gasteiger partial charge < -0.3 is 0 Å². The van der Waals surface area contributed by atoms with E-state index in [4.69, 9.17) is 5.26 Å². The van der Waals surface area contributed by atoms with E-state index in [0.717, 1.165) is 20.5 Å². The molecule has 3 nitrogen and oxygen atoms in total. The Morgan fingerprint density at radius 2 is 1.95 bits per heavy atom. The highest BCUT2D eigenvalue weighted by Gasteiger charge is 2.11. The van der Waals surface area contributed by atoms with E-state index >= 15 is 0 Å². The Labute approximate surface area is 140 Å². The fraction of sp³-hybridized carbons (Fsp3) is 0.250. The van der Waals surface area contributed by atoms with Crippen LogP contribution in [0.4, 0.5) is 0 Å². The second-order valence-electron chi connectivity index (χ2n) is 5.87. The number of nitriles is 1. The van der Waals surface area contributed by atoms with Crippen LogP contribution in [-0.4, -0.2) is 17.9 Å². The van der Waals surface area contributed by atoms with Crippen LogP contribution in [0.2, 0.25) is 19.6 Å². The van der Waals surface area contributed by atoms with Crippen LogP contribution in [-0.2, 0) is 0 Å². The van der Waals surface area contributed by atoms with Gasteiger partial charge in [0.05, 0.1) is 34.8 Å². The summed E-state index contributed by atoms with van der Waals surface area (Å²) in [5, 5.41) is 13.5. The molecule has 0 spiro atoms. The maximum absolute atomic E-state index is 9.08. The minimum Gasteiger partial charge on any atom is -0.237 e. The molecule has 0 aliphatic heterocycles. The van der Waals surface area contributed by atoms with Crippen molar-refractivity contribution in [2.45, 2.75) is 26.6 Å². The highest BCUT2D eigenvalue weighted by Crippen LogP contribution is 2.18. The van der Waals surface area contributed by atoms with Gasteiger partial charge in [-0.15, -0.1) is 5.54 Å². The SMILES string of the molecule is Cc1c(C#C[Si](C)(C)C)cnn1-c1cc(I)cc(C#N)c1. The zero-order valence-electron chi connectivity index (χ0n) is 12.5. The van der Waals surface area contributed by atoms with Crippen molar-refractivity contribution in [3.8, 4) is 23.2 Å². The van der Waals surface area contributed by atoms with Crippen LogP contribution in [0, 0.1) is 33.3 Å². The highest BCUT2D eigenvalue weighted by molar-refractivity contribution is 14.1. The fourth-order valence-electron chi connectivity index (χ4n) is 1.81. The van der Waals surface area contributed by atoms with Gasteiger partial charge in [-0.3, -0.25) is 0 Å². The maximum atomic E-state index is 9.08. The predicted molar refractivity (Wildman–Crippen MR) is 96.0 cm³/mol. The average molecular weight is 405 g/mol. The molecule has 1 aromatic heterocycles. The molecule has 1 heterocycles. The normalized spacial score (nSPS) is 10.7. The lowest BCUT2D eigenvalue weighted by molar-refractivity contribution is 0.845. The zero-order valence-corrected chi connectivity index (χ0v) is 15.7. The lowest BCUT2D eigenvalue weighted by atomic mass is 10.2. The van der Waals surface area contributed by atoms with E-state index in [9.17, 15) is 0 Å². The van der Waals surface area contributed by atoms with E-state index in [-0.39, 0.29) is 0 Å². The monoisotopic (exact) mass is 405 g/mol. The molecule has 0 aliphatic rings. The van der Waals surface area contributed by atoms with Crippen molar-refractivity contribution in [2.75, 3.05) is 0 Å². The minimum absolute atomic E-state index is 0.640. The van der Waals surface area contributed by atoms with Crippen molar-refractivity contribution in [3.63, 3.8) is 0 Å². The summed E-state index contributed by atoms with van der Waals surface area (Å²) in [6, 6.07) is 7.89. The molecule has 0 amide bonds. The van der Waals surface area contributed by atoms with Crippen molar-refractivity contribution < 1.29 is 0 Å². The topological polar surface area (TPSA) is 41.6 Å². The molecule has 0 fully saturated rings. The Kier molecular flexibility index (Phi) is 4.55. The number of aromatic nitrogens is 2. The number of rotatable bonds is 1. The molecule has 2 rings (SSSR count). The Morgan fingerprint density at radius 3 is 2.57 bits per heavy atom. The second-order valence-corrected chi connectivity index (χ2v) is 11.9. The molecular formula is C16H16IN3Si. The third-order valence-corrected chi connectivity index (χ3v) is 4.34. The van der Waals surface area contributed by atoms with Crippen LogP contribution in [0.25, 0.3) is 5.69 Å². The third kappa shape index (κ3) is 3.96. The van der Waals surface area contributed by atoms with Crippen LogP contribution < -0.4 is 0 Å². The first-order chi connectivity index (χ1) is 9.80. The molecule has 0 saturated carbocycles. The second kappa shape index (κ2) is 6.04. The van der Waals surface area contributed by atoms with Crippen LogP contribution in [0.3, 0.4) is 0 Å². The van der Waals surface area contributed by atoms with Crippen molar-refractivity contribution >= 4 is 30.7 Å². The first-order valence-electron chi connectivity index (χ1n) is 6.59. The molecule has 1 aromatic carbocycles. The number of hydrogen-bond donors (Lipinski definition) is 0. The number of hydrogen-bond acceptors (Lipinski definition) is 2. The highest BCUT2D eigenvalue weighted by atomic mass is 127. The first-order valence-corrected chi connectivity index (χ1v) is 11.2. The fourth-order valence-corrected chi connectivity index (χ4v) is 2.97. The summed E-state index contributed by atoms with van der Waals surface area (Å²) in [5.41, 5.74) is 6.86. The summed E-state index contributed by atoms with van der Waals surface area (Å²) in [5.74, 6) is 3.25. The van der Waals surface area contributed by atoms with E-state index in [1.165, 1.54) is 0 Å².